The van der Waals surface area contributed by atoms with Gasteiger partial charge in [0.1, 0.15) is 0 Å². The summed E-state index contributed by atoms with van der Waals surface area (Å²) in [4.78, 5) is 4.47. The Labute approximate surface area is 96.8 Å². The zero-order valence-electron chi connectivity index (χ0n) is 10.2. The predicted molar refractivity (Wildman–Crippen MR) is 62.3 cm³/mol. The fourth-order valence-electron chi connectivity index (χ4n) is 2.08. The van der Waals surface area contributed by atoms with Crippen molar-refractivity contribution >= 4 is 0 Å². The lowest BCUT2D eigenvalue weighted by Crippen LogP contribution is -2.30. The molecule has 16 heavy (non-hydrogen) atoms. The standard InChI is InChI=1S/C12H21N3O/c1-3-9(2)12-14-11(16-15-12)7-10-5-4-6-13-8-10/h9-10,13H,3-8H2,1-2H3. The third kappa shape index (κ3) is 2.82. The van der Waals surface area contributed by atoms with Crippen LogP contribution in [0.25, 0.3) is 0 Å². The van der Waals surface area contributed by atoms with Crippen LogP contribution >= 0.6 is 0 Å². The third-order valence-electron chi connectivity index (χ3n) is 3.40. The number of piperidine rings is 1. The van der Waals surface area contributed by atoms with Crippen molar-refractivity contribution < 1.29 is 4.52 Å². The van der Waals surface area contributed by atoms with Crippen LogP contribution in [0.4, 0.5) is 0 Å². The van der Waals surface area contributed by atoms with E-state index in [0.29, 0.717) is 11.8 Å². The second kappa shape index (κ2) is 5.43. The van der Waals surface area contributed by atoms with Crippen molar-refractivity contribution in [2.45, 2.75) is 45.4 Å². The predicted octanol–water partition coefficient (Wildman–Crippen LogP) is 2.13. The number of nitrogens with one attached hydrogen (secondary N) is 1. The molecule has 0 aromatic carbocycles. The SMILES string of the molecule is CCC(C)c1noc(CC2CCCNC2)n1. The van der Waals surface area contributed by atoms with E-state index < -0.39 is 0 Å². The molecule has 2 atom stereocenters. The molecule has 90 valence electrons. The minimum absolute atomic E-state index is 0.405. The van der Waals surface area contributed by atoms with Gasteiger partial charge >= 0.3 is 0 Å². The van der Waals surface area contributed by atoms with Crippen LogP contribution in [0.1, 0.15) is 50.7 Å². The monoisotopic (exact) mass is 223 g/mol. The number of rotatable bonds is 4. The Hall–Kier alpha value is -0.900. The minimum Gasteiger partial charge on any atom is -0.339 e. The van der Waals surface area contributed by atoms with Crippen LogP contribution in [-0.4, -0.2) is 23.2 Å². The van der Waals surface area contributed by atoms with Crippen LogP contribution < -0.4 is 5.32 Å². The van der Waals surface area contributed by atoms with Crippen molar-refractivity contribution in [2.75, 3.05) is 13.1 Å². The van der Waals surface area contributed by atoms with Gasteiger partial charge in [-0.1, -0.05) is 19.0 Å². The number of nitrogens with zero attached hydrogens (tertiary/aromatic N) is 2. The maximum Gasteiger partial charge on any atom is 0.226 e. The Morgan fingerprint density at radius 1 is 1.56 bits per heavy atom. The van der Waals surface area contributed by atoms with Gasteiger partial charge in [-0.2, -0.15) is 4.98 Å². The molecule has 4 heteroatoms. The lowest BCUT2D eigenvalue weighted by Gasteiger charge is -2.20. The zero-order valence-corrected chi connectivity index (χ0v) is 10.2. The molecule has 0 saturated carbocycles. The summed E-state index contributed by atoms with van der Waals surface area (Å²) in [5.74, 6) is 2.74. The number of hydrogen-bond donors (Lipinski definition) is 1. The molecule has 4 nitrogen and oxygen atoms in total. The van der Waals surface area contributed by atoms with Gasteiger partial charge in [-0.3, -0.25) is 0 Å². The van der Waals surface area contributed by atoms with Crippen LogP contribution in [-0.2, 0) is 6.42 Å². The van der Waals surface area contributed by atoms with E-state index >= 15 is 0 Å². The Morgan fingerprint density at radius 2 is 2.44 bits per heavy atom. The van der Waals surface area contributed by atoms with Crippen molar-refractivity contribution in [1.29, 1.82) is 0 Å². The average molecular weight is 223 g/mol. The minimum atomic E-state index is 0.405. The van der Waals surface area contributed by atoms with Crippen molar-refractivity contribution in [3.8, 4) is 0 Å². The average Bonchev–Trinajstić information content (AvgIpc) is 2.78. The first-order valence-electron chi connectivity index (χ1n) is 6.32. The quantitative estimate of drug-likeness (QED) is 0.849. The molecule has 0 aliphatic carbocycles. The molecule has 1 aromatic heterocycles. The van der Waals surface area contributed by atoms with Crippen molar-refractivity contribution in [1.82, 2.24) is 15.5 Å². The maximum atomic E-state index is 5.30. The van der Waals surface area contributed by atoms with Crippen LogP contribution in [0.3, 0.4) is 0 Å². The highest BCUT2D eigenvalue weighted by Gasteiger charge is 2.18. The maximum absolute atomic E-state index is 5.30. The van der Waals surface area contributed by atoms with E-state index in [2.05, 4.69) is 29.3 Å². The van der Waals surface area contributed by atoms with E-state index in [9.17, 15) is 0 Å². The van der Waals surface area contributed by atoms with Crippen LogP contribution in [0.5, 0.6) is 0 Å². The molecule has 0 radical (unpaired) electrons. The topological polar surface area (TPSA) is 51.0 Å². The summed E-state index contributed by atoms with van der Waals surface area (Å²) in [7, 11) is 0. The van der Waals surface area contributed by atoms with Crippen molar-refractivity contribution in [2.24, 2.45) is 5.92 Å². The van der Waals surface area contributed by atoms with Gasteiger partial charge in [0.2, 0.25) is 5.89 Å². The molecule has 0 amide bonds. The summed E-state index contributed by atoms with van der Waals surface area (Å²) in [5, 5.41) is 7.45. The van der Waals surface area contributed by atoms with E-state index in [4.69, 9.17) is 4.52 Å². The summed E-state index contributed by atoms with van der Waals surface area (Å²) >= 11 is 0. The summed E-state index contributed by atoms with van der Waals surface area (Å²) in [6, 6.07) is 0. The largest absolute Gasteiger partial charge is 0.339 e. The molecular weight excluding hydrogens is 202 g/mol. The van der Waals surface area contributed by atoms with E-state index in [0.717, 1.165) is 37.6 Å². The molecule has 2 rings (SSSR count). The summed E-state index contributed by atoms with van der Waals surface area (Å²) < 4.78 is 5.30. The van der Waals surface area contributed by atoms with Gasteiger partial charge in [0.15, 0.2) is 5.82 Å². The molecule has 1 saturated heterocycles. The first kappa shape index (κ1) is 11.6. The first-order valence-corrected chi connectivity index (χ1v) is 6.32. The molecule has 1 aliphatic heterocycles. The molecule has 1 aromatic rings. The first-order chi connectivity index (χ1) is 7.79. The number of aromatic nitrogens is 2. The Kier molecular flexibility index (Phi) is 3.93. The molecule has 2 unspecified atom stereocenters. The molecule has 1 N–H and O–H groups in total. The van der Waals surface area contributed by atoms with Crippen molar-refractivity contribution in [3.05, 3.63) is 11.7 Å². The third-order valence-corrected chi connectivity index (χ3v) is 3.40. The number of hydrogen-bond acceptors (Lipinski definition) is 4. The van der Waals surface area contributed by atoms with Gasteiger partial charge in [0, 0.05) is 12.3 Å². The van der Waals surface area contributed by atoms with E-state index in [1.165, 1.54) is 12.8 Å². The van der Waals surface area contributed by atoms with E-state index in [1.807, 2.05) is 0 Å². The van der Waals surface area contributed by atoms with Gasteiger partial charge in [-0.25, -0.2) is 0 Å². The molecule has 2 heterocycles. The highest BCUT2D eigenvalue weighted by atomic mass is 16.5. The highest BCUT2D eigenvalue weighted by Crippen LogP contribution is 2.18. The fraction of sp³-hybridized carbons (Fsp3) is 0.833. The lowest BCUT2D eigenvalue weighted by molar-refractivity contribution is 0.313. The van der Waals surface area contributed by atoms with Crippen LogP contribution in [0.2, 0.25) is 0 Å². The normalized spacial score (nSPS) is 23.2. The van der Waals surface area contributed by atoms with Gasteiger partial charge in [0.05, 0.1) is 0 Å². The highest BCUT2D eigenvalue weighted by molar-refractivity contribution is 4.94. The van der Waals surface area contributed by atoms with Crippen LogP contribution in [0.15, 0.2) is 4.52 Å². The molecule has 1 aliphatic rings. The van der Waals surface area contributed by atoms with E-state index in [1.54, 1.807) is 0 Å². The molecular formula is C12H21N3O. The Bertz CT molecular complexity index is 318. The van der Waals surface area contributed by atoms with Gasteiger partial charge < -0.3 is 9.84 Å². The molecule has 1 fully saturated rings. The van der Waals surface area contributed by atoms with Gasteiger partial charge in [-0.05, 0) is 38.3 Å². The van der Waals surface area contributed by atoms with Gasteiger partial charge in [-0.15, -0.1) is 0 Å². The van der Waals surface area contributed by atoms with Crippen molar-refractivity contribution in [3.63, 3.8) is 0 Å². The lowest BCUT2D eigenvalue weighted by atomic mass is 9.96. The Balaban J connectivity index is 1.91. The van der Waals surface area contributed by atoms with Gasteiger partial charge in [0.25, 0.3) is 0 Å². The summed E-state index contributed by atoms with van der Waals surface area (Å²) in [6.07, 6.45) is 4.52. The zero-order chi connectivity index (χ0) is 11.4. The smallest absolute Gasteiger partial charge is 0.226 e. The Morgan fingerprint density at radius 3 is 3.12 bits per heavy atom. The fourth-order valence-corrected chi connectivity index (χ4v) is 2.08. The second-order valence-corrected chi connectivity index (χ2v) is 4.77. The van der Waals surface area contributed by atoms with Crippen LogP contribution in [0, 0.1) is 5.92 Å². The van der Waals surface area contributed by atoms with E-state index in [-0.39, 0.29) is 0 Å². The molecule has 0 bridgehead atoms. The summed E-state index contributed by atoms with van der Waals surface area (Å²) in [5.41, 5.74) is 0. The summed E-state index contributed by atoms with van der Waals surface area (Å²) in [6.45, 7) is 6.52. The molecule has 0 spiro atoms. The second-order valence-electron chi connectivity index (χ2n) is 4.77.